The van der Waals surface area contributed by atoms with Crippen molar-refractivity contribution in [3.8, 4) is 17.1 Å². The second-order valence-corrected chi connectivity index (χ2v) is 7.52. The minimum atomic E-state index is -0.860. The number of aromatic amines is 1. The normalized spacial score (nSPS) is 12.2. The van der Waals surface area contributed by atoms with E-state index >= 15 is 0 Å². The number of H-pyrrole nitrogens is 1. The van der Waals surface area contributed by atoms with Crippen LogP contribution in [0.4, 0.5) is 10.2 Å². The Balaban J connectivity index is 1.96. The number of fused-ring (bicyclic) bond motifs is 1. The highest BCUT2D eigenvalue weighted by Gasteiger charge is 2.19. The van der Waals surface area contributed by atoms with Crippen molar-refractivity contribution in [1.82, 2.24) is 29.5 Å². The minimum absolute atomic E-state index is 0.272. The molecule has 3 aromatic heterocycles. The number of aliphatic hydroxyl groups excluding tert-OH is 1. The van der Waals surface area contributed by atoms with Crippen molar-refractivity contribution in [3.05, 3.63) is 64.8 Å². The van der Waals surface area contributed by atoms with Gasteiger partial charge < -0.3 is 15.8 Å². The predicted molar refractivity (Wildman–Crippen MR) is 118 cm³/mol. The SMILES string of the molecule is Cc1nn(-c2cc(N)[nH]c3nn(C)c(-c4ccc(F)cc4)c3ccn2)c(C(C)O)c1Cl. The summed E-state index contributed by atoms with van der Waals surface area (Å²) in [7, 11) is 1.80. The number of hydrogen-bond acceptors (Lipinski definition) is 5. The van der Waals surface area contributed by atoms with Gasteiger partial charge in [-0.1, -0.05) is 11.6 Å². The Morgan fingerprint density at radius 3 is 2.58 bits per heavy atom. The largest absolute Gasteiger partial charge is 0.387 e. The molecular formula is C21H21ClFN7O. The van der Waals surface area contributed by atoms with Crippen LogP contribution in [-0.4, -0.2) is 34.6 Å². The molecule has 3 heterocycles. The molecule has 4 rings (SSSR count). The zero-order valence-corrected chi connectivity index (χ0v) is 17.9. The number of nitrogen functional groups attached to an aromatic ring is 1. The molecule has 4 N–H and O–H groups in total. The third kappa shape index (κ3) is 3.85. The lowest BCUT2D eigenvalue weighted by molar-refractivity contribution is 0.191. The third-order valence-electron chi connectivity index (χ3n) is 4.83. The first kappa shape index (κ1) is 20.8. The van der Waals surface area contributed by atoms with Crippen molar-refractivity contribution >= 4 is 28.5 Å². The van der Waals surface area contributed by atoms with Crippen LogP contribution >= 0.6 is 11.6 Å². The average molecular weight is 442 g/mol. The topological polar surface area (TPSA) is 111 Å². The Hall–Kier alpha value is -3.43. The molecule has 1 unspecified atom stereocenters. The molecule has 0 spiro atoms. The molecular weight excluding hydrogens is 421 g/mol. The number of nitrogens with two attached hydrogens (primary N) is 1. The highest BCUT2D eigenvalue weighted by molar-refractivity contribution is 6.32. The molecule has 0 saturated heterocycles. The van der Waals surface area contributed by atoms with E-state index in [2.05, 4.69) is 20.2 Å². The van der Waals surface area contributed by atoms with Gasteiger partial charge in [0.05, 0.1) is 28.2 Å². The van der Waals surface area contributed by atoms with Gasteiger partial charge in [-0.2, -0.15) is 10.2 Å². The summed E-state index contributed by atoms with van der Waals surface area (Å²) in [4.78, 5) is 7.57. The quantitative estimate of drug-likeness (QED) is 0.445. The van der Waals surface area contributed by atoms with E-state index in [0.717, 1.165) is 16.6 Å². The van der Waals surface area contributed by atoms with Gasteiger partial charge >= 0.3 is 0 Å². The van der Waals surface area contributed by atoms with Gasteiger partial charge in [0, 0.05) is 30.3 Å². The number of hydrogen-bond donors (Lipinski definition) is 3. The number of nitrogens with zero attached hydrogens (tertiary/aromatic N) is 5. The summed E-state index contributed by atoms with van der Waals surface area (Å²) in [6.45, 7) is 3.35. The smallest absolute Gasteiger partial charge is 0.161 e. The fraction of sp³-hybridized carbons (Fsp3) is 0.190. The number of nitrogens with one attached hydrogen (secondary N) is 1. The first-order chi connectivity index (χ1) is 14.8. The van der Waals surface area contributed by atoms with Crippen LogP contribution in [-0.2, 0) is 7.05 Å². The summed E-state index contributed by atoms with van der Waals surface area (Å²) < 4.78 is 16.5. The molecule has 0 fully saturated rings. The maximum Gasteiger partial charge on any atom is 0.161 e. The fourth-order valence-electron chi connectivity index (χ4n) is 3.45. The van der Waals surface area contributed by atoms with Gasteiger partial charge in [0.15, 0.2) is 11.5 Å². The van der Waals surface area contributed by atoms with Crippen molar-refractivity contribution in [2.45, 2.75) is 20.0 Å². The average Bonchev–Trinajstić information content (AvgIpc) is 3.19. The van der Waals surface area contributed by atoms with Crippen LogP contribution in [0, 0.1) is 12.7 Å². The van der Waals surface area contributed by atoms with Gasteiger partial charge in [-0.15, -0.1) is 0 Å². The van der Waals surface area contributed by atoms with Crippen molar-refractivity contribution in [2.75, 3.05) is 5.73 Å². The van der Waals surface area contributed by atoms with E-state index in [1.54, 1.807) is 56.0 Å². The van der Waals surface area contributed by atoms with Gasteiger partial charge in [-0.05, 0) is 44.2 Å². The molecule has 0 amide bonds. The summed E-state index contributed by atoms with van der Waals surface area (Å²) in [6.07, 6.45) is 0.733. The van der Waals surface area contributed by atoms with Crippen LogP contribution in [0.15, 0.2) is 42.6 Å². The molecule has 0 bridgehead atoms. The monoisotopic (exact) mass is 441 g/mol. The third-order valence-corrected chi connectivity index (χ3v) is 5.30. The Morgan fingerprint density at radius 1 is 1.19 bits per heavy atom. The number of halogens is 2. The van der Waals surface area contributed by atoms with Crippen molar-refractivity contribution < 1.29 is 9.50 Å². The van der Waals surface area contributed by atoms with Crippen LogP contribution in [0.3, 0.4) is 0 Å². The van der Waals surface area contributed by atoms with E-state index in [-0.39, 0.29) is 11.6 Å². The summed E-state index contributed by atoms with van der Waals surface area (Å²) in [5.41, 5.74) is 9.27. The van der Waals surface area contributed by atoms with E-state index in [4.69, 9.17) is 17.3 Å². The van der Waals surface area contributed by atoms with Crippen LogP contribution in [0.2, 0.25) is 5.02 Å². The van der Waals surface area contributed by atoms with Gasteiger partial charge in [0.1, 0.15) is 11.6 Å². The van der Waals surface area contributed by atoms with Crippen LogP contribution in [0.25, 0.3) is 28.1 Å². The molecule has 0 aliphatic rings. The number of anilines is 1. The summed E-state index contributed by atoms with van der Waals surface area (Å²) in [5.74, 6) is 0.320. The summed E-state index contributed by atoms with van der Waals surface area (Å²) in [5, 5.41) is 20.2. The molecule has 8 nitrogen and oxygen atoms in total. The lowest BCUT2D eigenvalue weighted by atomic mass is 10.1. The Morgan fingerprint density at radius 2 is 1.90 bits per heavy atom. The summed E-state index contributed by atoms with van der Waals surface area (Å²) >= 11 is 6.32. The number of rotatable bonds is 3. The van der Waals surface area contributed by atoms with Crippen LogP contribution in [0.1, 0.15) is 24.4 Å². The Bertz CT molecular complexity index is 1320. The Kier molecular flexibility index (Phi) is 5.38. The van der Waals surface area contributed by atoms with E-state index in [9.17, 15) is 9.50 Å². The van der Waals surface area contributed by atoms with E-state index < -0.39 is 6.10 Å². The second-order valence-electron chi connectivity index (χ2n) is 7.14. The van der Waals surface area contributed by atoms with Gasteiger partial charge in [-0.25, -0.2) is 14.1 Å². The standard InChI is InChI=1S/C21H21ClFN7O/c1-11-18(22)19(12(2)31)30(27-11)17-10-16(24)26-21-15(8-9-25-17)20(29(3)28-21)13-4-6-14(23)7-5-13/h4-10,12,31H,24H2,1-3H3,(H,26,28). The molecule has 0 saturated carbocycles. The molecule has 31 heavy (non-hydrogen) atoms. The lowest BCUT2D eigenvalue weighted by Gasteiger charge is -2.08. The lowest BCUT2D eigenvalue weighted by Crippen LogP contribution is -2.07. The molecule has 0 aliphatic heterocycles. The van der Waals surface area contributed by atoms with Gasteiger partial charge in [0.25, 0.3) is 0 Å². The number of aromatic nitrogens is 6. The van der Waals surface area contributed by atoms with Gasteiger partial charge in [-0.3, -0.25) is 4.68 Å². The number of aryl methyl sites for hydroxylation is 2. The number of aliphatic hydroxyl groups is 1. The molecule has 1 atom stereocenters. The zero-order chi connectivity index (χ0) is 22.3. The second kappa shape index (κ2) is 8.01. The minimum Gasteiger partial charge on any atom is -0.387 e. The first-order valence-electron chi connectivity index (χ1n) is 9.51. The van der Waals surface area contributed by atoms with E-state index in [0.29, 0.717) is 27.9 Å². The first-order valence-corrected chi connectivity index (χ1v) is 9.89. The predicted octanol–water partition coefficient (Wildman–Crippen LogP) is 4.01. The maximum atomic E-state index is 13.4. The summed E-state index contributed by atoms with van der Waals surface area (Å²) in [6, 6.07) is 9.52. The van der Waals surface area contributed by atoms with Crippen molar-refractivity contribution in [2.24, 2.45) is 7.05 Å². The van der Waals surface area contributed by atoms with E-state index in [1.807, 2.05) is 0 Å². The molecule has 0 radical (unpaired) electrons. The van der Waals surface area contributed by atoms with Crippen LogP contribution in [0.5, 0.6) is 0 Å². The Labute approximate surface area is 182 Å². The van der Waals surface area contributed by atoms with Crippen molar-refractivity contribution in [1.29, 1.82) is 0 Å². The molecule has 10 heteroatoms. The fourth-order valence-corrected chi connectivity index (χ4v) is 3.73. The maximum absolute atomic E-state index is 13.4. The zero-order valence-electron chi connectivity index (χ0n) is 17.1. The molecule has 1 aromatic carbocycles. The molecule has 160 valence electrons. The molecule has 0 aliphatic carbocycles. The van der Waals surface area contributed by atoms with Crippen LogP contribution < -0.4 is 5.73 Å². The highest BCUT2D eigenvalue weighted by atomic mass is 35.5. The number of benzene rings is 1. The highest BCUT2D eigenvalue weighted by Crippen LogP contribution is 2.29. The van der Waals surface area contributed by atoms with Gasteiger partial charge in [0.2, 0.25) is 0 Å². The van der Waals surface area contributed by atoms with Crippen molar-refractivity contribution in [3.63, 3.8) is 0 Å². The molecule has 4 aromatic rings. The van der Waals surface area contributed by atoms with E-state index in [1.165, 1.54) is 16.8 Å².